The number of urea groups is 1. The monoisotopic (exact) mass is 374 g/mol. The number of hydrogen-bond donors (Lipinski definition) is 1. The summed E-state index contributed by atoms with van der Waals surface area (Å²) >= 11 is 0. The standard InChI is InChI=1S/C20H30N4O3/c1-27-16-19(25)23-11-13-24(14-12-23)20(26)21-15-18(22-9-5-6-10-22)17-7-3-2-4-8-17/h2-4,7-8,18H,5-6,9-16H2,1H3,(H,21,26). The van der Waals surface area contributed by atoms with E-state index in [1.165, 1.54) is 25.5 Å². The molecule has 0 radical (unpaired) electrons. The molecule has 1 aromatic carbocycles. The number of piperazine rings is 1. The van der Waals surface area contributed by atoms with E-state index >= 15 is 0 Å². The SMILES string of the molecule is COCC(=O)N1CCN(C(=O)NCC(c2ccccc2)N2CCCC2)CC1. The Labute approximate surface area is 161 Å². The topological polar surface area (TPSA) is 65.1 Å². The molecule has 1 N–H and O–H groups in total. The Bertz CT molecular complexity index is 611. The average Bonchev–Trinajstić information content (AvgIpc) is 3.23. The van der Waals surface area contributed by atoms with Crippen LogP contribution in [0.25, 0.3) is 0 Å². The summed E-state index contributed by atoms with van der Waals surface area (Å²) in [6, 6.07) is 10.6. The maximum Gasteiger partial charge on any atom is 0.317 e. The van der Waals surface area contributed by atoms with Gasteiger partial charge in [-0.25, -0.2) is 4.79 Å². The van der Waals surface area contributed by atoms with Crippen LogP contribution in [-0.2, 0) is 9.53 Å². The normalized spacial score (nSPS) is 19.1. The third-order valence-corrected chi connectivity index (χ3v) is 5.40. The van der Waals surface area contributed by atoms with Crippen molar-refractivity contribution in [1.29, 1.82) is 0 Å². The van der Waals surface area contributed by atoms with Crippen LogP contribution >= 0.6 is 0 Å². The van der Waals surface area contributed by atoms with Crippen LogP contribution in [0.5, 0.6) is 0 Å². The molecule has 148 valence electrons. The van der Waals surface area contributed by atoms with Crippen LogP contribution in [0.2, 0.25) is 0 Å². The maximum atomic E-state index is 12.6. The minimum absolute atomic E-state index is 0.0178. The molecule has 0 spiro atoms. The van der Waals surface area contributed by atoms with Crippen molar-refractivity contribution in [2.24, 2.45) is 0 Å². The third-order valence-electron chi connectivity index (χ3n) is 5.40. The van der Waals surface area contributed by atoms with E-state index in [0.717, 1.165) is 13.1 Å². The van der Waals surface area contributed by atoms with Crippen LogP contribution in [0, 0.1) is 0 Å². The first-order valence-corrected chi connectivity index (χ1v) is 9.77. The van der Waals surface area contributed by atoms with E-state index in [1.54, 1.807) is 9.80 Å². The van der Waals surface area contributed by atoms with E-state index < -0.39 is 0 Å². The molecule has 3 amide bonds. The Balaban J connectivity index is 1.52. The highest BCUT2D eigenvalue weighted by molar-refractivity contribution is 5.78. The Morgan fingerprint density at radius 1 is 1.00 bits per heavy atom. The number of methoxy groups -OCH3 is 1. The highest BCUT2D eigenvalue weighted by Crippen LogP contribution is 2.24. The fourth-order valence-electron chi connectivity index (χ4n) is 3.86. The number of ether oxygens (including phenoxy) is 1. The minimum atomic E-state index is -0.0473. The number of carbonyl (C=O) groups excluding carboxylic acids is 2. The molecule has 1 aromatic rings. The van der Waals surface area contributed by atoms with Gasteiger partial charge in [0.15, 0.2) is 0 Å². The molecule has 7 nitrogen and oxygen atoms in total. The summed E-state index contributed by atoms with van der Waals surface area (Å²) in [5, 5.41) is 3.11. The van der Waals surface area contributed by atoms with Crippen molar-refractivity contribution in [3.63, 3.8) is 0 Å². The fraction of sp³-hybridized carbons (Fsp3) is 0.600. The van der Waals surface area contributed by atoms with Crippen molar-refractivity contribution in [3.05, 3.63) is 35.9 Å². The van der Waals surface area contributed by atoms with E-state index in [9.17, 15) is 9.59 Å². The number of carbonyl (C=O) groups is 2. The zero-order chi connectivity index (χ0) is 19.1. The molecular weight excluding hydrogens is 344 g/mol. The van der Waals surface area contributed by atoms with Gasteiger partial charge in [0.25, 0.3) is 0 Å². The molecule has 2 aliphatic rings. The van der Waals surface area contributed by atoms with E-state index in [2.05, 4.69) is 34.5 Å². The van der Waals surface area contributed by atoms with E-state index in [-0.39, 0.29) is 24.6 Å². The first kappa shape index (κ1) is 19.6. The van der Waals surface area contributed by atoms with Crippen LogP contribution in [0.1, 0.15) is 24.4 Å². The highest BCUT2D eigenvalue weighted by atomic mass is 16.5. The predicted octanol–water partition coefficient (Wildman–Crippen LogP) is 1.32. The molecule has 0 saturated carbocycles. The highest BCUT2D eigenvalue weighted by Gasteiger charge is 2.27. The quantitative estimate of drug-likeness (QED) is 0.816. The molecule has 2 saturated heterocycles. The lowest BCUT2D eigenvalue weighted by atomic mass is 10.1. The predicted molar refractivity (Wildman–Crippen MR) is 103 cm³/mol. The van der Waals surface area contributed by atoms with Crippen LogP contribution in [0.3, 0.4) is 0 Å². The number of hydrogen-bond acceptors (Lipinski definition) is 4. The zero-order valence-electron chi connectivity index (χ0n) is 16.1. The van der Waals surface area contributed by atoms with Gasteiger partial charge in [0, 0.05) is 39.8 Å². The summed E-state index contributed by atoms with van der Waals surface area (Å²) in [5.41, 5.74) is 1.25. The van der Waals surface area contributed by atoms with Crippen LogP contribution in [0.4, 0.5) is 4.79 Å². The van der Waals surface area contributed by atoms with Gasteiger partial charge in [-0.2, -0.15) is 0 Å². The number of benzene rings is 1. The van der Waals surface area contributed by atoms with Crippen LogP contribution in [-0.4, -0.2) is 86.2 Å². The van der Waals surface area contributed by atoms with Gasteiger partial charge in [0.2, 0.25) is 5.91 Å². The maximum absolute atomic E-state index is 12.6. The second-order valence-electron chi connectivity index (χ2n) is 7.16. The molecule has 2 heterocycles. The van der Waals surface area contributed by atoms with Gasteiger partial charge in [-0.3, -0.25) is 9.69 Å². The molecule has 1 atom stereocenters. The smallest absolute Gasteiger partial charge is 0.317 e. The molecule has 0 aromatic heterocycles. The van der Waals surface area contributed by atoms with E-state index in [1.807, 2.05) is 6.07 Å². The first-order chi connectivity index (χ1) is 13.2. The first-order valence-electron chi connectivity index (χ1n) is 9.77. The number of nitrogens with zero attached hydrogens (tertiary/aromatic N) is 3. The van der Waals surface area contributed by atoms with Gasteiger partial charge in [-0.1, -0.05) is 30.3 Å². The molecule has 27 heavy (non-hydrogen) atoms. The summed E-state index contributed by atoms with van der Waals surface area (Å²) in [6.45, 7) is 5.09. The van der Waals surface area contributed by atoms with Crippen molar-refractivity contribution >= 4 is 11.9 Å². The number of likely N-dealkylation sites (tertiary alicyclic amines) is 1. The molecule has 2 aliphatic heterocycles. The third kappa shape index (κ3) is 5.20. The lowest BCUT2D eigenvalue weighted by Gasteiger charge is -2.35. The van der Waals surface area contributed by atoms with E-state index in [4.69, 9.17) is 4.74 Å². The summed E-state index contributed by atoms with van der Waals surface area (Å²) in [4.78, 5) is 30.5. The molecule has 3 rings (SSSR count). The summed E-state index contributed by atoms with van der Waals surface area (Å²) in [5.74, 6) is -0.0178. The Morgan fingerprint density at radius 3 is 2.26 bits per heavy atom. The summed E-state index contributed by atoms with van der Waals surface area (Å²) in [6.07, 6.45) is 2.43. The lowest BCUT2D eigenvalue weighted by molar-refractivity contribution is -0.136. The Kier molecular flexibility index (Phi) is 7.06. The van der Waals surface area contributed by atoms with Crippen LogP contribution < -0.4 is 5.32 Å². The second kappa shape index (κ2) is 9.71. The molecule has 2 fully saturated rings. The van der Waals surface area contributed by atoms with Gasteiger partial charge >= 0.3 is 6.03 Å². The number of nitrogens with one attached hydrogen (secondary N) is 1. The molecule has 0 bridgehead atoms. The molecule has 1 unspecified atom stereocenters. The largest absolute Gasteiger partial charge is 0.375 e. The zero-order valence-corrected chi connectivity index (χ0v) is 16.1. The lowest BCUT2D eigenvalue weighted by Crippen LogP contribution is -2.54. The van der Waals surface area contributed by atoms with Crippen molar-refractivity contribution < 1.29 is 14.3 Å². The van der Waals surface area contributed by atoms with Crippen molar-refractivity contribution in [3.8, 4) is 0 Å². The fourth-order valence-corrected chi connectivity index (χ4v) is 3.86. The minimum Gasteiger partial charge on any atom is -0.375 e. The van der Waals surface area contributed by atoms with Gasteiger partial charge in [-0.05, 0) is 31.5 Å². The van der Waals surface area contributed by atoms with Crippen molar-refractivity contribution in [2.45, 2.75) is 18.9 Å². The Hall–Kier alpha value is -2.12. The molecular formula is C20H30N4O3. The van der Waals surface area contributed by atoms with Crippen LogP contribution in [0.15, 0.2) is 30.3 Å². The molecule has 7 heteroatoms. The van der Waals surface area contributed by atoms with Gasteiger partial charge < -0.3 is 19.9 Å². The van der Waals surface area contributed by atoms with Crippen molar-refractivity contribution in [1.82, 2.24) is 20.0 Å². The van der Waals surface area contributed by atoms with Gasteiger partial charge in [-0.15, -0.1) is 0 Å². The number of amides is 3. The Morgan fingerprint density at radius 2 is 1.63 bits per heavy atom. The van der Waals surface area contributed by atoms with Crippen molar-refractivity contribution in [2.75, 3.05) is 59.5 Å². The molecule has 0 aliphatic carbocycles. The second-order valence-corrected chi connectivity index (χ2v) is 7.16. The van der Waals surface area contributed by atoms with Gasteiger partial charge in [0.1, 0.15) is 6.61 Å². The van der Waals surface area contributed by atoms with E-state index in [0.29, 0.717) is 32.7 Å². The number of rotatable bonds is 6. The van der Waals surface area contributed by atoms with Gasteiger partial charge in [0.05, 0.1) is 6.04 Å². The summed E-state index contributed by atoms with van der Waals surface area (Å²) < 4.78 is 4.90. The average molecular weight is 374 g/mol. The summed E-state index contributed by atoms with van der Waals surface area (Å²) in [7, 11) is 1.52.